The first-order valence-electron chi connectivity index (χ1n) is 5.63. The molecule has 18 heavy (non-hydrogen) atoms. The second-order valence-electron chi connectivity index (χ2n) is 4.45. The summed E-state index contributed by atoms with van der Waals surface area (Å²) in [5.41, 5.74) is 7.22. The molecule has 4 nitrogen and oxygen atoms in total. The number of halogens is 2. The molecule has 0 unspecified atom stereocenters. The number of H-pyrrole nitrogens is 1. The van der Waals surface area contributed by atoms with Gasteiger partial charge in [-0.3, -0.25) is 9.89 Å². The van der Waals surface area contributed by atoms with Gasteiger partial charge in [-0.15, -0.1) is 0 Å². The number of rotatable bonds is 2. The van der Waals surface area contributed by atoms with Crippen molar-refractivity contribution in [3.05, 3.63) is 44.3 Å². The van der Waals surface area contributed by atoms with Crippen LogP contribution < -0.4 is 11.3 Å². The topological polar surface area (TPSA) is 63.8 Å². The summed E-state index contributed by atoms with van der Waals surface area (Å²) >= 11 is 11.9. The van der Waals surface area contributed by atoms with E-state index in [1.54, 1.807) is 18.2 Å². The average molecular weight is 284 g/mol. The maximum absolute atomic E-state index is 12.1. The maximum Gasteiger partial charge on any atom is 0.294 e. The van der Waals surface area contributed by atoms with Gasteiger partial charge < -0.3 is 5.73 Å². The molecule has 1 fully saturated rings. The molecule has 0 amide bonds. The summed E-state index contributed by atoms with van der Waals surface area (Å²) in [6.07, 6.45) is 2.14. The van der Waals surface area contributed by atoms with E-state index >= 15 is 0 Å². The van der Waals surface area contributed by atoms with Gasteiger partial charge in [0.2, 0.25) is 0 Å². The first-order chi connectivity index (χ1) is 8.58. The minimum Gasteiger partial charge on any atom is -0.393 e. The Balaban J connectivity index is 2.17. The van der Waals surface area contributed by atoms with Crippen LogP contribution in [0.1, 0.15) is 24.5 Å². The number of hydrogen-bond donors (Lipinski definition) is 2. The van der Waals surface area contributed by atoms with Gasteiger partial charge in [-0.25, -0.2) is 4.68 Å². The van der Waals surface area contributed by atoms with Crippen LogP contribution in [0.5, 0.6) is 0 Å². The molecule has 3 N–H and O–H groups in total. The second-order valence-corrected chi connectivity index (χ2v) is 5.29. The predicted molar refractivity (Wildman–Crippen MR) is 72.8 cm³/mol. The quantitative estimate of drug-likeness (QED) is 0.890. The molecule has 1 heterocycles. The fourth-order valence-corrected chi connectivity index (χ4v) is 2.48. The number of nitrogens with one attached hydrogen (secondary N) is 1. The first kappa shape index (κ1) is 11.7. The summed E-state index contributed by atoms with van der Waals surface area (Å²) in [7, 11) is 0. The Kier molecular flexibility index (Phi) is 2.64. The number of hydrogen-bond acceptors (Lipinski definition) is 2. The van der Waals surface area contributed by atoms with Crippen molar-refractivity contribution in [3.63, 3.8) is 0 Å². The number of benzene rings is 1. The van der Waals surface area contributed by atoms with Crippen molar-refractivity contribution in [3.8, 4) is 5.69 Å². The molecule has 1 saturated carbocycles. The molecule has 94 valence electrons. The van der Waals surface area contributed by atoms with Gasteiger partial charge in [0.25, 0.3) is 5.56 Å². The van der Waals surface area contributed by atoms with Gasteiger partial charge >= 0.3 is 0 Å². The summed E-state index contributed by atoms with van der Waals surface area (Å²) in [6.45, 7) is 0. The van der Waals surface area contributed by atoms with Crippen molar-refractivity contribution in [1.82, 2.24) is 9.78 Å². The molecule has 0 saturated heterocycles. The third kappa shape index (κ3) is 1.82. The molecular weight excluding hydrogens is 273 g/mol. The van der Waals surface area contributed by atoms with Crippen molar-refractivity contribution < 1.29 is 0 Å². The molecule has 1 aliphatic carbocycles. The Hall–Kier alpha value is -1.39. The fraction of sp³-hybridized carbons (Fsp3) is 0.250. The van der Waals surface area contributed by atoms with E-state index in [2.05, 4.69) is 5.10 Å². The second kappa shape index (κ2) is 4.07. The van der Waals surface area contributed by atoms with Crippen molar-refractivity contribution in [2.24, 2.45) is 0 Å². The highest BCUT2D eigenvalue weighted by Crippen LogP contribution is 2.41. The number of nitrogen functional groups attached to an aromatic ring is 1. The largest absolute Gasteiger partial charge is 0.393 e. The number of aromatic nitrogens is 2. The molecule has 0 atom stereocenters. The lowest BCUT2D eigenvalue weighted by molar-refractivity contribution is 0.816. The summed E-state index contributed by atoms with van der Waals surface area (Å²) in [5.74, 6) is 0.380. The van der Waals surface area contributed by atoms with Crippen LogP contribution in [-0.2, 0) is 0 Å². The van der Waals surface area contributed by atoms with E-state index in [-0.39, 0.29) is 11.2 Å². The van der Waals surface area contributed by atoms with Crippen LogP contribution >= 0.6 is 23.2 Å². The molecule has 0 spiro atoms. The minimum atomic E-state index is -0.263. The smallest absolute Gasteiger partial charge is 0.294 e. The molecule has 0 radical (unpaired) electrons. The van der Waals surface area contributed by atoms with E-state index in [0.29, 0.717) is 21.7 Å². The number of nitrogens with zero attached hydrogens (tertiary/aromatic N) is 1. The number of anilines is 1. The summed E-state index contributed by atoms with van der Waals surface area (Å²) in [4.78, 5) is 12.1. The SMILES string of the molecule is Nc1c(C2CC2)[nH]n(-c2ccc(Cl)cc2Cl)c1=O. The molecule has 1 aliphatic rings. The van der Waals surface area contributed by atoms with E-state index in [1.165, 1.54) is 4.68 Å². The monoisotopic (exact) mass is 283 g/mol. The molecule has 0 bridgehead atoms. The van der Waals surface area contributed by atoms with Crippen LogP contribution in [0.2, 0.25) is 10.0 Å². The van der Waals surface area contributed by atoms with Gasteiger partial charge in [0, 0.05) is 10.9 Å². The zero-order valence-electron chi connectivity index (χ0n) is 9.41. The zero-order valence-corrected chi connectivity index (χ0v) is 10.9. The Labute approximate surface area is 113 Å². The number of nitrogens with two attached hydrogens (primary N) is 1. The molecule has 0 aliphatic heterocycles. The van der Waals surface area contributed by atoms with Gasteiger partial charge in [-0.2, -0.15) is 0 Å². The van der Waals surface area contributed by atoms with E-state index in [0.717, 1.165) is 18.5 Å². The lowest BCUT2D eigenvalue weighted by Crippen LogP contribution is -2.16. The molecule has 1 aromatic heterocycles. The van der Waals surface area contributed by atoms with Crippen LogP contribution in [0, 0.1) is 0 Å². The van der Waals surface area contributed by atoms with Gasteiger partial charge in [0.1, 0.15) is 5.69 Å². The first-order valence-corrected chi connectivity index (χ1v) is 6.39. The van der Waals surface area contributed by atoms with E-state index in [1.807, 2.05) is 0 Å². The summed E-state index contributed by atoms with van der Waals surface area (Å²) < 4.78 is 1.38. The van der Waals surface area contributed by atoms with Crippen LogP contribution in [0.25, 0.3) is 5.69 Å². The Morgan fingerprint density at radius 1 is 1.33 bits per heavy atom. The fourth-order valence-electron chi connectivity index (χ4n) is 1.98. The normalized spacial score (nSPS) is 15.0. The molecule has 2 aromatic rings. The highest BCUT2D eigenvalue weighted by atomic mass is 35.5. The lowest BCUT2D eigenvalue weighted by Gasteiger charge is -2.04. The van der Waals surface area contributed by atoms with Crippen molar-refractivity contribution in [1.29, 1.82) is 0 Å². The van der Waals surface area contributed by atoms with Crippen LogP contribution in [0.15, 0.2) is 23.0 Å². The standard InChI is InChI=1S/C12H11Cl2N3O/c13-7-3-4-9(8(14)5-7)17-12(18)10(15)11(16-17)6-1-2-6/h3-6,16H,1-2,15H2. The third-order valence-electron chi connectivity index (χ3n) is 3.09. The molecular formula is C12H11Cl2N3O. The van der Waals surface area contributed by atoms with E-state index < -0.39 is 0 Å². The van der Waals surface area contributed by atoms with Crippen LogP contribution in [0.4, 0.5) is 5.69 Å². The average Bonchev–Trinajstić information content (AvgIpc) is 3.11. The van der Waals surface area contributed by atoms with Gasteiger partial charge in [0.05, 0.1) is 16.4 Å². The summed E-state index contributed by atoms with van der Waals surface area (Å²) in [6, 6.07) is 4.97. The molecule has 1 aromatic carbocycles. The maximum atomic E-state index is 12.1. The minimum absolute atomic E-state index is 0.263. The van der Waals surface area contributed by atoms with Crippen molar-refractivity contribution >= 4 is 28.9 Å². The predicted octanol–water partition coefficient (Wildman–Crippen LogP) is 2.93. The van der Waals surface area contributed by atoms with Crippen molar-refractivity contribution in [2.75, 3.05) is 5.73 Å². The van der Waals surface area contributed by atoms with Gasteiger partial charge in [-0.1, -0.05) is 23.2 Å². The third-order valence-corrected chi connectivity index (χ3v) is 3.63. The zero-order chi connectivity index (χ0) is 12.9. The Morgan fingerprint density at radius 2 is 2.06 bits per heavy atom. The Morgan fingerprint density at radius 3 is 2.67 bits per heavy atom. The van der Waals surface area contributed by atoms with Gasteiger partial charge in [-0.05, 0) is 31.0 Å². The van der Waals surface area contributed by atoms with Crippen LogP contribution in [0.3, 0.4) is 0 Å². The summed E-state index contributed by atoms with van der Waals surface area (Å²) in [5, 5.41) is 3.98. The lowest BCUT2D eigenvalue weighted by atomic mass is 10.3. The molecule has 6 heteroatoms. The van der Waals surface area contributed by atoms with Gasteiger partial charge in [0.15, 0.2) is 0 Å². The highest BCUT2D eigenvalue weighted by Gasteiger charge is 2.29. The Bertz CT molecular complexity index is 670. The van der Waals surface area contributed by atoms with Crippen LogP contribution in [-0.4, -0.2) is 9.78 Å². The highest BCUT2D eigenvalue weighted by molar-refractivity contribution is 6.35. The van der Waals surface area contributed by atoms with Crippen molar-refractivity contribution in [2.45, 2.75) is 18.8 Å². The van der Waals surface area contributed by atoms with E-state index in [4.69, 9.17) is 28.9 Å². The molecule has 3 rings (SSSR count). The number of aromatic amines is 1. The van der Waals surface area contributed by atoms with E-state index in [9.17, 15) is 4.79 Å².